The molecule has 0 aromatic heterocycles. The molecule has 1 aromatic rings. The van der Waals surface area contributed by atoms with Crippen LogP contribution in [0.1, 0.15) is 53.0 Å². The van der Waals surface area contributed by atoms with Gasteiger partial charge >= 0.3 is 0 Å². The van der Waals surface area contributed by atoms with E-state index in [1.54, 1.807) is 0 Å². The number of anilines is 1. The number of benzene rings is 1. The fraction of sp³-hybridized carbons (Fsp3) is 0.600. The fourth-order valence-corrected chi connectivity index (χ4v) is 2.19. The van der Waals surface area contributed by atoms with Crippen molar-refractivity contribution in [1.82, 2.24) is 10.6 Å². The molecular formula is C20H35IN4O. The highest BCUT2D eigenvalue weighted by Gasteiger charge is 2.10. The van der Waals surface area contributed by atoms with Crippen LogP contribution in [0.15, 0.2) is 29.3 Å². The van der Waals surface area contributed by atoms with Gasteiger partial charge in [0.1, 0.15) is 0 Å². The van der Waals surface area contributed by atoms with Crippen molar-refractivity contribution in [3.8, 4) is 0 Å². The topological polar surface area (TPSA) is 65.5 Å². The van der Waals surface area contributed by atoms with Crippen LogP contribution >= 0.6 is 24.0 Å². The van der Waals surface area contributed by atoms with Crippen LogP contribution in [0.2, 0.25) is 0 Å². The number of aliphatic imine (C=N–C) groups is 1. The maximum Gasteiger partial charge on any atom is 0.227 e. The molecule has 0 heterocycles. The summed E-state index contributed by atoms with van der Waals surface area (Å²) in [4.78, 5) is 16.7. The number of nitrogens with zero attached hydrogens (tertiary/aromatic N) is 1. The summed E-state index contributed by atoms with van der Waals surface area (Å²) in [6.45, 7) is 12.8. The van der Waals surface area contributed by atoms with Gasteiger partial charge in [-0.25, -0.2) is 4.99 Å². The highest BCUT2D eigenvalue weighted by Crippen LogP contribution is 2.13. The number of halogens is 1. The minimum absolute atomic E-state index is 0. The number of nitrogens with one attached hydrogen (secondary N) is 3. The highest BCUT2D eigenvalue weighted by atomic mass is 127. The Bertz CT molecular complexity index is 560. The molecule has 0 aliphatic heterocycles. The van der Waals surface area contributed by atoms with E-state index in [2.05, 4.69) is 41.7 Å². The zero-order valence-electron chi connectivity index (χ0n) is 16.8. The zero-order valence-corrected chi connectivity index (χ0v) is 19.1. The van der Waals surface area contributed by atoms with Crippen LogP contribution < -0.4 is 16.0 Å². The molecular weight excluding hydrogens is 439 g/mol. The van der Waals surface area contributed by atoms with Crippen molar-refractivity contribution in [2.45, 2.75) is 54.0 Å². The van der Waals surface area contributed by atoms with E-state index in [-0.39, 0.29) is 35.8 Å². The molecule has 1 rings (SSSR count). The van der Waals surface area contributed by atoms with Gasteiger partial charge < -0.3 is 16.0 Å². The summed E-state index contributed by atoms with van der Waals surface area (Å²) < 4.78 is 0. The highest BCUT2D eigenvalue weighted by molar-refractivity contribution is 14.0. The average Bonchev–Trinajstić information content (AvgIpc) is 2.59. The molecule has 6 heteroatoms. The van der Waals surface area contributed by atoms with Crippen LogP contribution in [0.5, 0.6) is 0 Å². The number of guanidine groups is 1. The SMILES string of the molecule is CCNC(=NCc1cccc(NC(=O)C(C)CC)c1)NCCC(C)C.I. The lowest BCUT2D eigenvalue weighted by atomic mass is 10.1. The Hall–Kier alpha value is -1.31. The number of carbonyl (C=O) groups is 1. The fourth-order valence-electron chi connectivity index (χ4n) is 2.19. The van der Waals surface area contributed by atoms with Gasteiger partial charge in [-0.05, 0) is 43.4 Å². The Kier molecular flexibility index (Phi) is 13.1. The molecule has 1 unspecified atom stereocenters. The van der Waals surface area contributed by atoms with Crippen LogP contribution in [-0.4, -0.2) is 25.0 Å². The van der Waals surface area contributed by atoms with Gasteiger partial charge in [0.15, 0.2) is 5.96 Å². The van der Waals surface area contributed by atoms with Gasteiger partial charge in [0.2, 0.25) is 5.91 Å². The molecule has 0 radical (unpaired) electrons. The molecule has 0 spiro atoms. The van der Waals surface area contributed by atoms with Crippen molar-refractivity contribution >= 4 is 41.5 Å². The number of hydrogen-bond acceptors (Lipinski definition) is 2. The summed E-state index contributed by atoms with van der Waals surface area (Å²) in [6.07, 6.45) is 1.95. The van der Waals surface area contributed by atoms with Gasteiger partial charge in [-0.3, -0.25) is 4.79 Å². The summed E-state index contributed by atoms with van der Waals surface area (Å²) in [7, 11) is 0. The van der Waals surface area contributed by atoms with Crippen LogP contribution in [0.3, 0.4) is 0 Å². The first kappa shape index (κ1) is 24.7. The molecule has 1 aromatic carbocycles. The third-order valence-electron chi connectivity index (χ3n) is 4.03. The van der Waals surface area contributed by atoms with Crippen LogP contribution in [0, 0.1) is 11.8 Å². The van der Waals surface area contributed by atoms with E-state index in [0.717, 1.165) is 43.1 Å². The van der Waals surface area contributed by atoms with Gasteiger partial charge in [0.25, 0.3) is 0 Å². The van der Waals surface area contributed by atoms with Gasteiger partial charge in [-0.15, -0.1) is 24.0 Å². The smallest absolute Gasteiger partial charge is 0.227 e. The lowest BCUT2D eigenvalue weighted by molar-refractivity contribution is -0.119. The van der Waals surface area contributed by atoms with E-state index in [1.807, 2.05) is 38.1 Å². The summed E-state index contributed by atoms with van der Waals surface area (Å²) in [5, 5.41) is 9.60. The molecule has 1 amide bonds. The van der Waals surface area contributed by atoms with Crippen molar-refractivity contribution < 1.29 is 4.79 Å². The van der Waals surface area contributed by atoms with Crippen molar-refractivity contribution in [2.24, 2.45) is 16.8 Å². The molecule has 1 atom stereocenters. The molecule has 3 N–H and O–H groups in total. The molecule has 0 saturated carbocycles. The Morgan fingerprint density at radius 3 is 2.50 bits per heavy atom. The summed E-state index contributed by atoms with van der Waals surface area (Å²) in [5.41, 5.74) is 1.90. The predicted octanol–water partition coefficient (Wildman–Crippen LogP) is 4.39. The molecule has 5 nitrogen and oxygen atoms in total. The second-order valence-corrected chi connectivity index (χ2v) is 6.80. The van der Waals surface area contributed by atoms with E-state index < -0.39 is 0 Å². The second-order valence-electron chi connectivity index (χ2n) is 6.80. The Morgan fingerprint density at radius 1 is 1.15 bits per heavy atom. The quantitative estimate of drug-likeness (QED) is 0.283. The third-order valence-corrected chi connectivity index (χ3v) is 4.03. The van der Waals surface area contributed by atoms with E-state index in [9.17, 15) is 4.79 Å². The minimum atomic E-state index is 0. The third kappa shape index (κ3) is 9.99. The molecule has 0 aliphatic carbocycles. The minimum Gasteiger partial charge on any atom is -0.357 e. The average molecular weight is 474 g/mol. The maximum atomic E-state index is 12.0. The summed E-state index contributed by atoms with van der Waals surface area (Å²) in [6, 6.07) is 7.89. The monoisotopic (exact) mass is 474 g/mol. The van der Waals surface area contributed by atoms with E-state index in [4.69, 9.17) is 0 Å². The first-order chi connectivity index (χ1) is 12.0. The second kappa shape index (κ2) is 13.8. The van der Waals surface area contributed by atoms with Crippen molar-refractivity contribution in [2.75, 3.05) is 18.4 Å². The molecule has 26 heavy (non-hydrogen) atoms. The van der Waals surface area contributed by atoms with Crippen molar-refractivity contribution in [3.05, 3.63) is 29.8 Å². The summed E-state index contributed by atoms with van der Waals surface area (Å²) >= 11 is 0. The van der Waals surface area contributed by atoms with Crippen molar-refractivity contribution in [1.29, 1.82) is 0 Å². The molecule has 148 valence electrons. The van der Waals surface area contributed by atoms with E-state index in [0.29, 0.717) is 12.5 Å². The van der Waals surface area contributed by atoms with E-state index >= 15 is 0 Å². The standard InChI is InChI=1S/C20H34N4O.HI/c1-6-16(5)19(25)24-18-10-8-9-17(13-18)14-23-20(21-7-2)22-12-11-15(3)4;/h8-10,13,15-16H,6-7,11-12,14H2,1-5H3,(H,24,25)(H2,21,22,23);1H. The largest absolute Gasteiger partial charge is 0.357 e. The maximum absolute atomic E-state index is 12.0. The summed E-state index contributed by atoms with van der Waals surface area (Å²) in [5.74, 6) is 1.58. The lowest BCUT2D eigenvalue weighted by Gasteiger charge is -2.13. The Labute approximate surface area is 175 Å². The molecule has 0 aliphatic rings. The van der Waals surface area contributed by atoms with Crippen molar-refractivity contribution in [3.63, 3.8) is 0 Å². The number of amides is 1. The predicted molar refractivity (Wildman–Crippen MR) is 122 cm³/mol. The molecule has 0 saturated heterocycles. The Balaban J connectivity index is 0.00000625. The van der Waals surface area contributed by atoms with Crippen LogP contribution in [0.25, 0.3) is 0 Å². The van der Waals surface area contributed by atoms with Gasteiger partial charge in [-0.2, -0.15) is 0 Å². The zero-order chi connectivity index (χ0) is 18.7. The lowest BCUT2D eigenvalue weighted by Crippen LogP contribution is -2.38. The van der Waals surface area contributed by atoms with E-state index in [1.165, 1.54) is 0 Å². The van der Waals surface area contributed by atoms with Gasteiger partial charge in [0.05, 0.1) is 6.54 Å². The first-order valence-electron chi connectivity index (χ1n) is 9.38. The first-order valence-corrected chi connectivity index (χ1v) is 9.38. The molecule has 0 bridgehead atoms. The number of hydrogen-bond donors (Lipinski definition) is 3. The Morgan fingerprint density at radius 2 is 1.88 bits per heavy atom. The number of carbonyl (C=O) groups excluding carboxylic acids is 1. The van der Waals surface area contributed by atoms with Crippen LogP contribution in [-0.2, 0) is 11.3 Å². The van der Waals surface area contributed by atoms with Gasteiger partial charge in [-0.1, -0.05) is 39.8 Å². The van der Waals surface area contributed by atoms with Crippen LogP contribution in [0.4, 0.5) is 5.69 Å². The molecule has 0 fully saturated rings. The normalized spacial score (nSPS) is 12.3. The van der Waals surface area contributed by atoms with Gasteiger partial charge in [0, 0.05) is 24.7 Å². The number of rotatable bonds is 9.